The number of hydrogen-bond donors (Lipinski definition) is 1. The van der Waals surface area contributed by atoms with E-state index in [0.29, 0.717) is 17.9 Å². The third-order valence-corrected chi connectivity index (χ3v) is 8.71. The summed E-state index contributed by atoms with van der Waals surface area (Å²) in [7, 11) is -2.22. The predicted octanol–water partition coefficient (Wildman–Crippen LogP) is 4.40. The molecular weight excluding hydrogens is 558 g/mol. The quantitative estimate of drug-likeness (QED) is 0.416. The maximum absolute atomic E-state index is 13.8. The number of benzene rings is 2. The lowest BCUT2D eigenvalue weighted by Gasteiger charge is -2.33. The Hall–Kier alpha value is -2.59. The molecule has 1 saturated carbocycles. The third-order valence-electron chi connectivity index (χ3n) is 6.68. The van der Waals surface area contributed by atoms with E-state index >= 15 is 0 Å². The highest BCUT2D eigenvalue weighted by Gasteiger charge is 2.33. The molecule has 2 aromatic rings. The zero-order valence-corrected chi connectivity index (χ0v) is 24.3. The second-order valence-corrected chi connectivity index (χ2v) is 12.3. The van der Waals surface area contributed by atoms with Crippen LogP contribution in [-0.4, -0.2) is 57.1 Å². The van der Waals surface area contributed by atoms with Crippen molar-refractivity contribution in [2.75, 3.05) is 24.2 Å². The van der Waals surface area contributed by atoms with Crippen molar-refractivity contribution in [2.24, 2.45) is 0 Å². The van der Waals surface area contributed by atoms with Crippen LogP contribution in [0.5, 0.6) is 5.75 Å². The van der Waals surface area contributed by atoms with E-state index in [2.05, 4.69) is 21.2 Å². The number of aryl methyl sites for hydroxylation is 1. The predicted molar refractivity (Wildman–Crippen MR) is 149 cm³/mol. The van der Waals surface area contributed by atoms with Crippen molar-refractivity contribution in [3.8, 4) is 5.75 Å². The molecule has 1 atom stereocenters. The van der Waals surface area contributed by atoms with Gasteiger partial charge in [0.15, 0.2) is 0 Å². The van der Waals surface area contributed by atoms with Crippen LogP contribution in [0.15, 0.2) is 46.9 Å². The van der Waals surface area contributed by atoms with E-state index in [4.69, 9.17) is 4.74 Å². The number of carbonyl (C=O) groups excluding carboxylic acids is 2. The van der Waals surface area contributed by atoms with Crippen LogP contribution in [0.1, 0.15) is 50.2 Å². The molecule has 37 heavy (non-hydrogen) atoms. The summed E-state index contributed by atoms with van der Waals surface area (Å²) < 4.78 is 32.8. The van der Waals surface area contributed by atoms with Crippen LogP contribution in [0.2, 0.25) is 0 Å². The molecule has 3 rings (SSSR count). The Morgan fingerprint density at radius 3 is 2.46 bits per heavy atom. The molecule has 0 aliphatic heterocycles. The zero-order chi connectivity index (χ0) is 27.2. The van der Waals surface area contributed by atoms with Gasteiger partial charge >= 0.3 is 0 Å². The number of nitrogens with zero attached hydrogens (tertiary/aromatic N) is 2. The summed E-state index contributed by atoms with van der Waals surface area (Å²) in [6.07, 6.45) is 5.47. The lowest BCUT2D eigenvalue weighted by atomic mass is 10.1. The first kappa shape index (κ1) is 29.0. The summed E-state index contributed by atoms with van der Waals surface area (Å²) in [6.45, 7) is 3.43. The highest BCUT2D eigenvalue weighted by atomic mass is 79.9. The zero-order valence-electron chi connectivity index (χ0n) is 21.9. The average molecular weight is 595 g/mol. The van der Waals surface area contributed by atoms with Gasteiger partial charge in [0.05, 0.1) is 19.1 Å². The molecule has 0 spiro atoms. The largest absolute Gasteiger partial charge is 0.497 e. The second-order valence-electron chi connectivity index (χ2n) is 9.49. The Bertz CT molecular complexity index is 1210. The van der Waals surface area contributed by atoms with Crippen molar-refractivity contribution < 1.29 is 22.7 Å². The smallest absolute Gasteiger partial charge is 0.244 e. The number of anilines is 1. The number of nitrogens with one attached hydrogen (secondary N) is 1. The van der Waals surface area contributed by atoms with Crippen LogP contribution in [0, 0.1) is 6.92 Å². The minimum Gasteiger partial charge on any atom is -0.497 e. The van der Waals surface area contributed by atoms with E-state index in [-0.39, 0.29) is 18.5 Å². The van der Waals surface area contributed by atoms with Crippen molar-refractivity contribution in [3.05, 3.63) is 58.1 Å². The first-order chi connectivity index (χ1) is 17.5. The van der Waals surface area contributed by atoms with E-state index in [1.165, 1.54) is 4.90 Å². The molecule has 0 heterocycles. The molecule has 0 saturated heterocycles. The summed E-state index contributed by atoms with van der Waals surface area (Å²) in [4.78, 5) is 28.7. The lowest BCUT2D eigenvalue weighted by Crippen LogP contribution is -2.53. The summed E-state index contributed by atoms with van der Waals surface area (Å²) in [6, 6.07) is 11.8. The molecule has 1 N–H and O–H groups in total. The fourth-order valence-electron chi connectivity index (χ4n) is 4.65. The first-order valence-corrected chi connectivity index (χ1v) is 15.1. The second kappa shape index (κ2) is 12.8. The minimum absolute atomic E-state index is 0.105. The van der Waals surface area contributed by atoms with Crippen LogP contribution >= 0.6 is 15.9 Å². The number of methoxy groups -OCH3 is 1. The Morgan fingerprint density at radius 1 is 1.16 bits per heavy atom. The Balaban J connectivity index is 1.94. The molecule has 1 aliphatic carbocycles. The fourth-order valence-corrected chi connectivity index (χ4v) is 5.74. The van der Waals surface area contributed by atoms with Crippen molar-refractivity contribution in [1.82, 2.24) is 10.2 Å². The Kier molecular flexibility index (Phi) is 10.0. The van der Waals surface area contributed by atoms with Gasteiger partial charge in [-0.15, -0.1) is 0 Å². The molecule has 10 heteroatoms. The van der Waals surface area contributed by atoms with Crippen LogP contribution < -0.4 is 14.4 Å². The van der Waals surface area contributed by atoms with Gasteiger partial charge in [-0.2, -0.15) is 0 Å². The number of sulfonamides is 1. The van der Waals surface area contributed by atoms with Crippen LogP contribution in [0.4, 0.5) is 5.69 Å². The maximum atomic E-state index is 13.8. The van der Waals surface area contributed by atoms with Gasteiger partial charge in [-0.3, -0.25) is 13.9 Å². The van der Waals surface area contributed by atoms with Gasteiger partial charge in [0, 0.05) is 17.1 Å². The molecule has 0 aromatic heterocycles. The van der Waals surface area contributed by atoms with Gasteiger partial charge in [0.25, 0.3) is 0 Å². The van der Waals surface area contributed by atoms with Crippen molar-refractivity contribution in [1.29, 1.82) is 0 Å². The van der Waals surface area contributed by atoms with Crippen molar-refractivity contribution in [2.45, 2.75) is 64.6 Å². The molecule has 0 radical (unpaired) electrons. The minimum atomic E-state index is -3.78. The standard InChI is InChI=1S/C27H36BrN3O5S/c1-5-25(27(33)29-21-10-6-7-11-21)30(17-20-9-8-12-23(16-20)36-3)26(32)18-31(37(4,34)35)22-13-14-24(28)19(2)15-22/h8-9,12-16,21,25H,5-7,10-11,17-18H2,1-4H3,(H,29,33)/t25-/m0/s1. The van der Waals surface area contributed by atoms with Gasteiger partial charge in [0.2, 0.25) is 21.8 Å². The number of carbonyl (C=O) groups is 2. The van der Waals surface area contributed by atoms with E-state index in [0.717, 1.165) is 51.8 Å². The highest BCUT2D eigenvalue weighted by Crippen LogP contribution is 2.26. The van der Waals surface area contributed by atoms with Crippen LogP contribution in [-0.2, 0) is 26.2 Å². The van der Waals surface area contributed by atoms with Gasteiger partial charge < -0.3 is 15.0 Å². The van der Waals surface area contributed by atoms with Crippen LogP contribution in [0.3, 0.4) is 0 Å². The molecule has 1 fully saturated rings. The number of amides is 2. The number of rotatable bonds is 11. The summed E-state index contributed by atoms with van der Waals surface area (Å²) in [5, 5.41) is 3.11. The van der Waals surface area contributed by atoms with Crippen LogP contribution in [0.25, 0.3) is 0 Å². The topological polar surface area (TPSA) is 96.0 Å². The molecular formula is C27H36BrN3O5S. The molecule has 8 nitrogen and oxygen atoms in total. The highest BCUT2D eigenvalue weighted by molar-refractivity contribution is 9.10. The van der Waals surface area contributed by atoms with Crippen molar-refractivity contribution >= 4 is 43.5 Å². The Labute approximate surface area is 228 Å². The summed E-state index contributed by atoms with van der Waals surface area (Å²) in [5.41, 5.74) is 2.01. The van der Waals surface area contributed by atoms with Gasteiger partial charge in [-0.05, 0) is 67.6 Å². The molecule has 202 valence electrons. The SMILES string of the molecule is CC[C@@H](C(=O)NC1CCCC1)N(Cc1cccc(OC)c1)C(=O)CN(c1ccc(Br)c(C)c1)S(C)(=O)=O. The number of halogens is 1. The Morgan fingerprint density at radius 2 is 1.86 bits per heavy atom. The first-order valence-electron chi connectivity index (χ1n) is 12.5. The summed E-state index contributed by atoms with van der Waals surface area (Å²) >= 11 is 3.43. The molecule has 0 bridgehead atoms. The molecule has 1 aliphatic rings. The fraction of sp³-hybridized carbons (Fsp3) is 0.481. The average Bonchev–Trinajstić information content (AvgIpc) is 3.36. The molecule has 2 amide bonds. The molecule has 0 unspecified atom stereocenters. The van der Waals surface area contributed by atoms with E-state index < -0.39 is 28.5 Å². The summed E-state index contributed by atoms with van der Waals surface area (Å²) in [5.74, 6) is -0.0327. The third kappa shape index (κ3) is 7.70. The number of hydrogen-bond acceptors (Lipinski definition) is 5. The van der Waals surface area contributed by atoms with Gasteiger partial charge in [0.1, 0.15) is 18.3 Å². The van der Waals surface area contributed by atoms with E-state index in [1.54, 1.807) is 31.4 Å². The number of ether oxygens (including phenoxy) is 1. The molecule has 2 aromatic carbocycles. The van der Waals surface area contributed by atoms with E-state index in [9.17, 15) is 18.0 Å². The maximum Gasteiger partial charge on any atom is 0.244 e. The van der Waals surface area contributed by atoms with E-state index in [1.807, 2.05) is 32.0 Å². The van der Waals surface area contributed by atoms with Gasteiger partial charge in [-0.1, -0.05) is 47.8 Å². The monoisotopic (exact) mass is 593 g/mol. The lowest BCUT2D eigenvalue weighted by molar-refractivity contribution is -0.140. The van der Waals surface area contributed by atoms with Gasteiger partial charge in [-0.25, -0.2) is 8.42 Å². The normalized spacial score (nSPS) is 14.7. The van der Waals surface area contributed by atoms with Crippen molar-refractivity contribution in [3.63, 3.8) is 0 Å².